The van der Waals surface area contributed by atoms with E-state index in [1.807, 2.05) is 25.1 Å². The maximum absolute atomic E-state index is 13.3. The highest BCUT2D eigenvalue weighted by Crippen LogP contribution is 2.33. The second-order valence-electron chi connectivity index (χ2n) is 7.00. The molecule has 0 aliphatic carbocycles. The van der Waals surface area contributed by atoms with Crippen LogP contribution in [0, 0.1) is 12.7 Å². The lowest BCUT2D eigenvalue weighted by molar-refractivity contribution is 0.120. The number of rotatable bonds is 6. The number of anilines is 1. The highest BCUT2D eigenvalue weighted by Gasteiger charge is 2.29. The number of nitrogens with zero attached hydrogens (tertiary/aromatic N) is 1. The molecule has 1 fully saturated rings. The van der Waals surface area contributed by atoms with Crippen molar-refractivity contribution in [2.24, 2.45) is 0 Å². The van der Waals surface area contributed by atoms with Crippen LogP contribution in [0.4, 0.5) is 10.3 Å². The van der Waals surface area contributed by atoms with Gasteiger partial charge in [-0.2, -0.15) is 4.98 Å². The Hall–Kier alpha value is -2.71. The summed E-state index contributed by atoms with van der Waals surface area (Å²) < 4.78 is 51.0. The number of benzene rings is 2. The molecule has 1 aliphatic heterocycles. The molecule has 0 unspecified atom stereocenters. The van der Waals surface area contributed by atoms with Crippen molar-refractivity contribution in [2.75, 3.05) is 18.5 Å². The molecule has 2 heterocycles. The van der Waals surface area contributed by atoms with Crippen molar-refractivity contribution in [1.82, 2.24) is 4.98 Å². The van der Waals surface area contributed by atoms with Crippen molar-refractivity contribution in [3.05, 3.63) is 59.9 Å². The SMILES string of the molecule is Cc1cccc(-c2nc(S(=O)(=O)c3ccc(F)cc3)c(NC[C@H]3CCCO3)o2)c1. The zero-order valence-electron chi connectivity index (χ0n) is 15.9. The highest BCUT2D eigenvalue weighted by atomic mass is 32.2. The molecule has 0 bridgehead atoms. The number of hydrogen-bond acceptors (Lipinski definition) is 6. The Labute approximate surface area is 168 Å². The number of oxazole rings is 1. The Morgan fingerprint density at radius 1 is 1.21 bits per heavy atom. The summed E-state index contributed by atoms with van der Waals surface area (Å²) in [6.45, 7) is 3.03. The Morgan fingerprint density at radius 3 is 2.69 bits per heavy atom. The van der Waals surface area contributed by atoms with Gasteiger partial charge in [0, 0.05) is 18.7 Å². The third-order valence-corrected chi connectivity index (χ3v) is 6.43. The second-order valence-corrected chi connectivity index (χ2v) is 8.86. The lowest BCUT2D eigenvalue weighted by atomic mass is 10.1. The summed E-state index contributed by atoms with van der Waals surface area (Å²) in [7, 11) is -4.00. The van der Waals surface area contributed by atoms with Crippen LogP contribution in [-0.2, 0) is 14.6 Å². The number of nitrogens with one attached hydrogen (secondary N) is 1. The smallest absolute Gasteiger partial charge is 0.233 e. The molecule has 1 aliphatic rings. The van der Waals surface area contributed by atoms with Gasteiger partial charge in [0.05, 0.1) is 11.0 Å². The first-order valence-electron chi connectivity index (χ1n) is 9.37. The minimum Gasteiger partial charge on any atom is -0.419 e. The first kappa shape index (κ1) is 19.6. The molecular weight excluding hydrogens is 395 g/mol. The predicted octanol–water partition coefficient (Wildman–Crippen LogP) is 4.21. The van der Waals surface area contributed by atoms with Crippen molar-refractivity contribution in [3.63, 3.8) is 0 Å². The van der Waals surface area contributed by atoms with E-state index >= 15 is 0 Å². The standard InChI is InChI=1S/C21H21FN2O4S/c1-14-4-2-5-15(12-14)19-24-21(20(28-19)23-13-17-6-3-11-27-17)29(25,26)18-9-7-16(22)8-10-18/h2,4-5,7-10,12,17,23H,3,6,11,13H2,1H3/t17-/m1/s1. The van der Waals surface area contributed by atoms with Crippen molar-refractivity contribution in [1.29, 1.82) is 0 Å². The number of sulfone groups is 1. The first-order chi connectivity index (χ1) is 13.9. The van der Waals surface area contributed by atoms with E-state index in [2.05, 4.69) is 10.3 Å². The van der Waals surface area contributed by atoms with E-state index < -0.39 is 15.7 Å². The molecule has 0 spiro atoms. The Kier molecular flexibility index (Phi) is 5.38. The van der Waals surface area contributed by atoms with E-state index in [0.717, 1.165) is 30.5 Å². The van der Waals surface area contributed by atoms with E-state index in [-0.39, 0.29) is 27.8 Å². The Bertz CT molecular complexity index is 1100. The van der Waals surface area contributed by atoms with Crippen molar-refractivity contribution < 1.29 is 22.0 Å². The fraction of sp³-hybridized carbons (Fsp3) is 0.286. The Balaban J connectivity index is 1.74. The van der Waals surface area contributed by atoms with Gasteiger partial charge in [-0.15, -0.1) is 0 Å². The first-order valence-corrected chi connectivity index (χ1v) is 10.9. The molecule has 8 heteroatoms. The molecule has 4 rings (SSSR count). The van der Waals surface area contributed by atoms with Crippen molar-refractivity contribution in [3.8, 4) is 11.5 Å². The van der Waals surface area contributed by atoms with Gasteiger partial charge >= 0.3 is 0 Å². The average Bonchev–Trinajstić information content (AvgIpc) is 3.37. The van der Waals surface area contributed by atoms with Crippen LogP contribution in [-0.4, -0.2) is 32.7 Å². The molecule has 0 radical (unpaired) electrons. The van der Waals surface area contributed by atoms with Crippen molar-refractivity contribution in [2.45, 2.75) is 35.8 Å². The van der Waals surface area contributed by atoms with Crippen LogP contribution in [0.5, 0.6) is 0 Å². The molecule has 6 nitrogen and oxygen atoms in total. The van der Waals surface area contributed by atoms with Crippen LogP contribution in [0.3, 0.4) is 0 Å². The van der Waals surface area contributed by atoms with E-state index in [1.54, 1.807) is 6.07 Å². The fourth-order valence-electron chi connectivity index (χ4n) is 3.24. The number of halogens is 1. The quantitative estimate of drug-likeness (QED) is 0.606. The number of ether oxygens (including phenoxy) is 1. The van der Waals surface area contributed by atoms with Crippen LogP contribution in [0.2, 0.25) is 0 Å². The monoisotopic (exact) mass is 416 g/mol. The van der Waals surface area contributed by atoms with Gasteiger partial charge in [0.25, 0.3) is 0 Å². The Morgan fingerprint density at radius 2 is 2.00 bits per heavy atom. The van der Waals surface area contributed by atoms with Gasteiger partial charge in [-0.1, -0.05) is 17.7 Å². The van der Waals surface area contributed by atoms with Crippen molar-refractivity contribution >= 4 is 15.7 Å². The molecule has 1 atom stereocenters. The van der Waals surface area contributed by atoms with Gasteiger partial charge in [0.2, 0.25) is 26.6 Å². The van der Waals surface area contributed by atoms with Crippen LogP contribution in [0.1, 0.15) is 18.4 Å². The molecule has 152 valence electrons. The molecular formula is C21H21FN2O4S. The maximum Gasteiger partial charge on any atom is 0.233 e. The summed E-state index contributed by atoms with van der Waals surface area (Å²) in [5, 5.41) is 2.82. The summed E-state index contributed by atoms with van der Waals surface area (Å²) in [6, 6.07) is 12.1. The van der Waals surface area contributed by atoms with E-state index in [4.69, 9.17) is 9.15 Å². The minimum absolute atomic E-state index is 0.0103. The normalized spacial score (nSPS) is 16.8. The van der Waals surface area contributed by atoms with Crippen LogP contribution in [0.25, 0.3) is 11.5 Å². The zero-order valence-corrected chi connectivity index (χ0v) is 16.7. The van der Waals surface area contributed by atoms with Gasteiger partial charge in [0.1, 0.15) is 5.82 Å². The van der Waals surface area contributed by atoms with Crippen LogP contribution < -0.4 is 5.32 Å². The summed E-state index contributed by atoms with van der Waals surface area (Å²) in [4.78, 5) is 4.23. The minimum atomic E-state index is -4.00. The molecule has 1 aromatic heterocycles. The summed E-state index contributed by atoms with van der Waals surface area (Å²) >= 11 is 0. The topological polar surface area (TPSA) is 81.4 Å². The van der Waals surface area contributed by atoms with Gasteiger partial charge < -0.3 is 14.5 Å². The van der Waals surface area contributed by atoms with Crippen LogP contribution >= 0.6 is 0 Å². The molecule has 2 aromatic carbocycles. The molecule has 3 aromatic rings. The third-order valence-electron chi connectivity index (χ3n) is 4.75. The number of aromatic nitrogens is 1. The lowest BCUT2D eigenvalue weighted by Gasteiger charge is -2.10. The third kappa shape index (κ3) is 4.18. The number of hydrogen-bond donors (Lipinski definition) is 1. The molecule has 29 heavy (non-hydrogen) atoms. The molecule has 0 amide bonds. The summed E-state index contributed by atoms with van der Waals surface area (Å²) in [6.07, 6.45) is 1.85. The highest BCUT2D eigenvalue weighted by molar-refractivity contribution is 7.91. The van der Waals surface area contributed by atoms with E-state index in [9.17, 15) is 12.8 Å². The van der Waals surface area contributed by atoms with Gasteiger partial charge in [-0.3, -0.25) is 0 Å². The van der Waals surface area contributed by atoms with Gasteiger partial charge in [-0.05, 0) is 56.2 Å². The zero-order chi connectivity index (χ0) is 20.4. The second kappa shape index (κ2) is 7.96. The molecule has 1 saturated heterocycles. The largest absolute Gasteiger partial charge is 0.419 e. The molecule has 0 saturated carbocycles. The molecule has 1 N–H and O–H groups in total. The van der Waals surface area contributed by atoms with E-state index in [0.29, 0.717) is 18.7 Å². The van der Waals surface area contributed by atoms with Crippen LogP contribution in [0.15, 0.2) is 62.9 Å². The maximum atomic E-state index is 13.3. The predicted molar refractivity (Wildman–Crippen MR) is 106 cm³/mol. The van der Waals surface area contributed by atoms with E-state index in [1.165, 1.54) is 12.1 Å². The fourth-order valence-corrected chi connectivity index (χ4v) is 4.52. The summed E-state index contributed by atoms with van der Waals surface area (Å²) in [5.41, 5.74) is 1.67. The number of aryl methyl sites for hydroxylation is 1. The van der Waals surface area contributed by atoms with Gasteiger partial charge in [0.15, 0.2) is 0 Å². The average molecular weight is 416 g/mol. The van der Waals surface area contributed by atoms with Gasteiger partial charge in [-0.25, -0.2) is 12.8 Å². The summed E-state index contributed by atoms with van der Waals surface area (Å²) in [5.74, 6) is -0.258. The lowest BCUT2D eigenvalue weighted by Crippen LogP contribution is -2.19.